The smallest absolute Gasteiger partial charge is 0.0226 e. The molecular weight excluding hydrogens is 184 g/mol. The van der Waals surface area contributed by atoms with E-state index in [1.165, 1.54) is 12.8 Å². The van der Waals surface area contributed by atoms with E-state index >= 15 is 0 Å². The second-order valence-corrected chi connectivity index (χ2v) is 5.99. The minimum absolute atomic E-state index is 0.366. The van der Waals surface area contributed by atoms with Crippen LogP contribution in [0.3, 0.4) is 0 Å². The van der Waals surface area contributed by atoms with Gasteiger partial charge in [-0.1, -0.05) is 27.7 Å². The molecule has 0 aromatic rings. The Morgan fingerprint density at radius 3 is 2.00 bits per heavy atom. The fourth-order valence-corrected chi connectivity index (χ4v) is 2.16. The summed E-state index contributed by atoms with van der Waals surface area (Å²) in [7, 11) is 0. The molecule has 92 valence electrons. The summed E-state index contributed by atoms with van der Waals surface area (Å²) in [6.45, 7) is 15.6. The molecule has 0 aliphatic heterocycles. The van der Waals surface area contributed by atoms with Crippen LogP contribution in [0.25, 0.3) is 0 Å². The van der Waals surface area contributed by atoms with Crippen LogP contribution in [0.2, 0.25) is 0 Å². The minimum atomic E-state index is 0.366. The molecule has 0 saturated carbocycles. The molecule has 2 N–H and O–H groups in total. The third-order valence-corrected chi connectivity index (χ3v) is 2.73. The summed E-state index contributed by atoms with van der Waals surface area (Å²) >= 11 is 0. The third-order valence-electron chi connectivity index (χ3n) is 2.73. The summed E-state index contributed by atoms with van der Waals surface area (Å²) in [4.78, 5) is 2.55. The van der Waals surface area contributed by atoms with Crippen LogP contribution < -0.4 is 5.73 Å². The van der Waals surface area contributed by atoms with Gasteiger partial charge in [0.25, 0.3) is 0 Å². The topological polar surface area (TPSA) is 29.3 Å². The van der Waals surface area contributed by atoms with Gasteiger partial charge in [-0.25, -0.2) is 0 Å². The first kappa shape index (κ1) is 14.9. The first-order valence-corrected chi connectivity index (χ1v) is 6.27. The first-order chi connectivity index (χ1) is 6.81. The zero-order valence-electron chi connectivity index (χ0n) is 11.5. The van der Waals surface area contributed by atoms with Gasteiger partial charge in [-0.15, -0.1) is 0 Å². The second kappa shape index (κ2) is 6.49. The number of hydrogen-bond donors (Lipinski definition) is 1. The Morgan fingerprint density at radius 1 is 1.20 bits per heavy atom. The van der Waals surface area contributed by atoms with Crippen molar-refractivity contribution in [3.8, 4) is 0 Å². The Balaban J connectivity index is 4.45. The van der Waals surface area contributed by atoms with Crippen LogP contribution in [-0.4, -0.2) is 30.1 Å². The summed E-state index contributed by atoms with van der Waals surface area (Å²) in [5.74, 6) is 0. The summed E-state index contributed by atoms with van der Waals surface area (Å²) in [5, 5.41) is 0. The fourth-order valence-electron chi connectivity index (χ4n) is 2.16. The molecule has 2 heteroatoms. The molecular formula is C13H30N2. The molecule has 0 heterocycles. The zero-order chi connectivity index (χ0) is 12.1. The normalized spacial score (nSPS) is 15.0. The van der Waals surface area contributed by atoms with Crippen LogP contribution in [0.4, 0.5) is 0 Å². The first-order valence-electron chi connectivity index (χ1n) is 6.27. The molecule has 0 amide bonds. The molecule has 0 aromatic heterocycles. The lowest BCUT2D eigenvalue weighted by molar-refractivity contribution is 0.120. The van der Waals surface area contributed by atoms with Crippen molar-refractivity contribution in [1.29, 1.82) is 0 Å². The van der Waals surface area contributed by atoms with Crippen LogP contribution >= 0.6 is 0 Å². The van der Waals surface area contributed by atoms with Gasteiger partial charge in [-0.2, -0.15) is 0 Å². The van der Waals surface area contributed by atoms with Gasteiger partial charge in [-0.3, -0.25) is 4.90 Å². The van der Waals surface area contributed by atoms with E-state index in [-0.39, 0.29) is 0 Å². The van der Waals surface area contributed by atoms with Crippen LogP contribution in [0.1, 0.15) is 54.4 Å². The molecule has 0 bridgehead atoms. The van der Waals surface area contributed by atoms with Crippen LogP contribution in [-0.2, 0) is 0 Å². The summed E-state index contributed by atoms with van der Waals surface area (Å²) < 4.78 is 0. The molecule has 0 aromatic carbocycles. The van der Waals surface area contributed by atoms with E-state index in [4.69, 9.17) is 5.73 Å². The maximum Gasteiger partial charge on any atom is 0.0226 e. The van der Waals surface area contributed by atoms with E-state index in [9.17, 15) is 0 Å². The molecule has 0 rings (SSSR count). The molecule has 0 radical (unpaired) electrons. The maximum absolute atomic E-state index is 5.91. The number of nitrogens with two attached hydrogens (primary N) is 1. The van der Waals surface area contributed by atoms with Crippen LogP contribution in [0.15, 0.2) is 0 Å². The average Bonchev–Trinajstić information content (AvgIpc) is 2.08. The van der Waals surface area contributed by atoms with E-state index < -0.39 is 0 Å². The SMILES string of the molecule is CCCN(C(C)C)C(CN)CC(C)(C)C. The summed E-state index contributed by atoms with van der Waals surface area (Å²) in [5.41, 5.74) is 6.27. The molecule has 0 spiro atoms. The maximum atomic E-state index is 5.91. The van der Waals surface area contributed by atoms with E-state index in [2.05, 4.69) is 46.4 Å². The summed E-state index contributed by atoms with van der Waals surface area (Å²) in [6.07, 6.45) is 2.39. The Kier molecular flexibility index (Phi) is 6.46. The van der Waals surface area contributed by atoms with Crippen molar-refractivity contribution >= 4 is 0 Å². The van der Waals surface area contributed by atoms with Crippen molar-refractivity contribution in [2.75, 3.05) is 13.1 Å². The standard InChI is InChI=1S/C13H30N2/c1-7-8-15(11(2)3)12(10-14)9-13(4,5)6/h11-12H,7-10,14H2,1-6H3. The Bertz CT molecular complexity index is 158. The van der Waals surface area contributed by atoms with Gasteiger partial charge < -0.3 is 5.73 Å². The molecule has 0 saturated heterocycles. The van der Waals surface area contributed by atoms with E-state index in [0.717, 1.165) is 13.1 Å². The fraction of sp³-hybridized carbons (Fsp3) is 1.00. The lowest BCUT2D eigenvalue weighted by atomic mass is 9.87. The highest BCUT2D eigenvalue weighted by atomic mass is 15.2. The van der Waals surface area contributed by atoms with Gasteiger partial charge in [0.15, 0.2) is 0 Å². The lowest BCUT2D eigenvalue weighted by Crippen LogP contribution is -2.46. The van der Waals surface area contributed by atoms with Gasteiger partial charge >= 0.3 is 0 Å². The van der Waals surface area contributed by atoms with Crippen LogP contribution in [0.5, 0.6) is 0 Å². The molecule has 1 atom stereocenters. The predicted octanol–water partition coefficient (Wildman–Crippen LogP) is 2.87. The minimum Gasteiger partial charge on any atom is -0.329 e. The van der Waals surface area contributed by atoms with Gasteiger partial charge in [0.1, 0.15) is 0 Å². The number of hydrogen-bond acceptors (Lipinski definition) is 2. The number of nitrogens with zero attached hydrogens (tertiary/aromatic N) is 1. The van der Waals surface area contributed by atoms with Gasteiger partial charge in [0, 0.05) is 18.6 Å². The molecule has 0 fully saturated rings. The third kappa shape index (κ3) is 6.16. The van der Waals surface area contributed by atoms with Crippen molar-refractivity contribution < 1.29 is 0 Å². The average molecular weight is 214 g/mol. The lowest BCUT2D eigenvalue weighted by Gasteiger charge is -2.37. The highest BCUT2D eigenvalue weighted by Crippen LogP contribution is 2.24. The molecule has 0 aliphatic rings. The van der Waals surface area contributed by atoms with Crippen molar-refractivity contribution in [2.24, 2.45) is 11.1 Å². The Hall–Kier alpha value is -0.0800. The van der Waals surface area contributed by atoms with E-state index in [1.807, 2.05) is 0 Å². The Labute approximate surface area is 96.2 Å². The molecule has 15 heavy (non-hydrogen) atoms. The highest BCUT2D eigenvalue weighted by molar-refractivity contribution is 4.80. The molecule has 2 nitrogen and oxygen atoms in total. The molecule has 1 unspecified atom stereocenters. The van der Waals surface area contributed by atoms with Crippen molar-refractivity contribution in [2.45, 2.75) is 66.5 Å². The van der Waals surface area contributed by atoms with Gasteiger partial charge in [0.05, 0.1) is 0 Å². The van der Waals surface area contributed by atoms with Crippen molar-refractivity contribution in [1.82, 2.24) is 4.90 Å². The number of rotatable bonds is 6. The Morgan fingerprint density at radius 2 is 1.73 bits per heavy atom. The van der Waals surface area contributed by atoms with E-state index in [0.29, 0.717) is 17.5 Å². The largest absolute Gasteiger partial charge is 0.329 e. The second-order valence-electron chi connectivity index (χ2n) is 5.99. The van der Waals surface area contributed by atoms with Crippen LogP contribution in [0, 0.1) is 5.41 Å². The monoisotopic (exact) mass is 214 g/mol. The molecule has 0 aliphatic carbocycles. The predicted molar refractivity (Wildman–Crippen MR) is 69.0 cm³/mol. The highest BCUT2D eigenvalue weighted by Gasteiger charge is 2.24. The zero-order valence-corrected chi connectivity index (χ0v) is 11.5. The van der Waals surface area contributed by atoms with E-state index in [1.54, 1.807) is 0 Å². The van der Waals surface area contributed by atoms with Gasteiger partial charge in [-0.05, 0) is 38.6 Å². The van der Waals surface area contributed by atoms with Crippen molar-refractivity contribution in [3.63, 3.8) is 0 Å². The summed E-state index contributed by atoms with van der Waals surface area (Å²) in [6, 6.07) is 1.13. The van der Waals surface area contributed by atoms with Gasteiger partial charge in [0.2, 0.25) is 0 Å². The van der Waals surface area contributed by atoms with Crippen molar-refractivity contribution in [3.05, 3.63) is 0 Å². The quantitative estimate of drug-likeness (QED) is 0.736.